The molecule has 0 aliphatic heterocycles. The van der Waals surface area contributed by atoms with E-state index in [1.807, 2.05) is 0 Å². The molecule has 2 aliphatic rings. The Bertz CT molecular complexity index is 3280. The van der Waals surface area contributed by atoms with Gasteiger partial charge in [-0.1, -0.05) is 202 Å². The van der Waals surface area contributed by atoms with Crippen LogP contribution in [0, 0.1) is 0 Å². The van der Waals surface area contributed by atoms with Crippen molar-refractivity contribution in [2.75, 3.05) is 4.90 Å². The van der Waals surface area contributed by atoms with Crippen molar-refractivity contribution in [3.05, 3.63) is 258 Å². The van der Waals surface area contributed by atoms with Gasteiger partial charge in [0.05, 0.1) is 5.41 Å². The number of fused-ring (bicyclic) bond motifs is 9. The fourth-order valence-electron chi connectivity index (χ4n) is 10.9. The minimum absolute atomic E-state index is 0.0547. The topological polar surface area (TPSA) is 3.24 Å². The summed E-state index contributed by atoms with van der Waals surface area (Å²) in [6.07, 6.45) is 0. The van der Waals surface area contributed by atoms with Gasteiger partial charge in [-0.25, -0.2) is 0 Å². The number of hydrogen-bond donors (Lipinski definition) is 0. The van der Waals surface area contributed by atoms with Gasteiger partial charge in [0, 0.05) is 22.5 Å². The van der Waals surface area contributed by atoms with Gasteiger partial charge in [-0.05, 0) is 125 Å². The van der Waals surface area contributed by atoms with Crippen LogP contribution >= 0.6 is 0 Å². The Labute approximate surface area is 357 Å². The fraction of sp³-hybridized carbons (Fsp3) is 0.0667. The zero-order chi connectivity index (χ0) is 40.7. The molecule has 1 nitrogen and oxygen atoms in total. The molecule has 12 rings (SSSR count). The lowest BCUT2D eigenvalue weighted by molar-refractivity contribution is 0.660. The first kappa shape index (κ1) is 35.5. The fourth-order valence-corrected chi connectivity index (χ4v) is 10.9. The maximum Gasteiger partial charge on any atom is 0.0714 e. The third-order valence-corrected chi connectivity index (χ3v) is 13.7. The van der Waals surface area contributed by atoms with E-state index in [4.69, 9.17) is 0 Å². The number of nitrogens with zero attached hydrogens (tertiary/aromatic N) is 1. The Hall–Kier alpha value is -7.48. The molecule has 61 heavy (non-hydrogen) atoms. The second kappa shape index (κ2) is 13.5. The van der Waals surface area contributed by atoms with E-state index in [-0.39, 0.29) is 5.41 Å². The van der Waals surface area contributed by atoms with E-state index in [1.165, 1.54) is 88.3 Å². The molecule has 0 saturated heterocycles. The smallest absolute Gasteiger partial charge is 0.0714 e. The molecule has 2 aliphatic carbocycles. The number of benzene rings is 10. The zero-order valence-corrected chi connectivity index (χ0v) is 34.3. The van der Waals surface area contributed by atoms with E-state index >= 15 is 0 Å². The Morgan fingerprint density at radius 2 is 0.852 bits per heavy atom. The molecular weight excluding hydrogens is 735 g/mol. The van der Waals surface area contributed by atoms with E-state index < -0.39 is 5.41 Å². The first-order chi connectivity index (χ1) is 30.0. The molecule has 0 unspecified atom stereocenters. The van der Waals surface area contributed by atoms with Crippen LogP contribution in [0.1, 0.15) is 47.2 Å². The molecule has 0 saturated carbocycles. The minimum Gasteiger partial charge on any atom is -0.310 e. The van der Waals surface area contributed by atoms with Gasteiger partial charge in [0.2, 0.25) is 0 Å². The van der Waals surface area contributed by atoms with Gasteiger partial charge in [0.25, 0.3) is 0 Å². The van der Waals surface area contributed by atoms with Crippen molar-refractivity contribution < 1.29 is 0 Å². The summed E-state index contributed by atoms with van der Waals surface area (Å²) in [5.74, 6) is 0. The molecule has 10 aromatic rings. The van der Waals surface area contributed by atoms with Crippen LogP contribution in [0.5, 0.6) is 0 Å². The van der Waals surface area contributed by atoms with E-state index in [0.717, 1.165) is 17.1 Å². The molecule has 0 spiro atoms. The Morgan fingerprint density at radius 1 is 0.328 bits per heavy atom. The third kappa shape index (κ3) is 5.20. The van der Waals surface area contributed by atoms with Gasteiger partial charge >= 0.3 is 0 Å². The average molecular weight is 778 g/mol. The molecule has 0 bridgehead atoms. The van der Waals surface area contributed by atoms with Crippen LogP contribution in [0.3, 0.4) is 0 Å². The van der Waals surface area contributed by atoms with Crippen molar-refractivity contribution in [3.63, 3.8) is 0 Å². The normalized spacial score (nSPS) is 14.0. The lowest BCUT2D eigenvalue weighted by atomic mass is 9.67. The molecule has 0 N–H and O–H groups in total. The highest BCUT2D eigenvalue weighted by molar-refractivity contribution is 6.09. The molecule has 0 aromatic heterocycles. The molecule has 0 fully saturated rings. The molecule has 288 valence electrons. The first-order valence-electron chi connectivity index (χ1n) is 21.4. The SMILES string of the molecule is CC1(C)c2ccccc2-c2c(-c3ccc(N(c4ccc5c(c4)C(c4ccccc4)(c4ccccc4)c4ccccc4-5)c4ccc5ccc6ccccc6c5c4)cc3)cccc21. The molecular formula is C60H43N. The quantitative estimate of drug-likeness (QED) is 0.152. The van der Waals surface area contributed by atoms with Crippen LogP contribution in [0.2, 0.25) is 0 Å². The largest absolute Gasteiger partial charge is 0.310 e. The van der Waals surface area contributed by atoms with Gasteiger partial charge in [-0.2, -0.15) is 0 Å². The highest BCUT2D eigenvalue weighted by Crippen LogP contribution is 2.58. The minimum atomic E-state index is -0.503. The lowest BCUT2D eigenvalue weighted by Crippen LogP contribution is -2.28. The standard InChI is InChI=1S/C60H43N/c1-59(2)54-25-13-12-23-52(54)58-49(24-15-27-56(58)59)41-30-33-45(34-31-41)61(46-35-32-42-29-28-40-16-9-10-21-48(40)53(42)38-46)47-36-37-51-50-22-11-14-26-55(50)60(57(51)39-47,43-17-5-3-6-18-43)44-19-7-4-8-20-44/h3-39H,1-2H3. The summed E-state index contributed by atoms with van der Waals surface area (Å²) in [7, 11) is 0. The summed E-state index contributed by atoms with van der Waals surface area (Å²) in [6.45, 7) is 4.71. The van der Waals surface area contributed by atoms with Gasteiger partial charge in [-0.15, -0.1) is 0 Å². The van der Waals surface area contributed by atoms with Crippen molar-refractivity contribution in [2.24, 2.45) is 0 Å². The lowest BCUT2D eigenvalue weighted by Gasteiger charge is -2.35. The highest BCUT2D eigenvalue weighted by Gasteiger charge is 2.46. The van der Waals surface area contributed by atoms with Crippen molar-refractivity contribution in [1.29, 1.82) is 0 Å². The van der Waals surface area contributed by atoms with Crippen LogP contribution in [0.4, 0.5) is 17.1 Å². The van der Waals surface area contributed by atoms with Crippen molar-refractivity contribution >= 4 is 38.6 Å². The van der Waals surface area contributed by atoms with E-state index in [2.05, 4.69) is 243 Å². The molecule has 0 heterocycles. The maximum absolute atomic E-state index is 2.47. The van der Waals surface area contributed by atoms with Crippen LogP contribution < -0.4 is 4.90 Å². The summed E-state index contributed by atoms with van der Waals surface area (Å²) in [5.41, 5.74) is 18.4. The number of hydrogen-bond acceptors (Lipinski definition) is 1. The summed E-state index contributed by atoms with van der Waals surface area (Å²) in [4.78, 5) is 2.46. The van der Waals surface area contributed by atoms with Crippen molar-refractivity contribution in [3.8, 4) is 33.4 Å². The molecule has 10 aromatic carbocycles. The van der Waals surface area contributed by atoms with Crippen LogP contribution in [-0.2, 0) is 10.8 Å². The molecule has 1 heteroatoms. The van der Waals surface area contributed by atoms with Crippen LogP contribution in [0.25, 0.3) is 54.9 Å². The zero-order valence-electron chi connectivity index (χ0n) is 34.3. The Kier molecular flexibility index (Phi) is 7.86. The third-order valence-electron chi connectivity index (χ3n) is 13.7. The second-order valence-electron chi connectivity index (χ2n) is 17.2. The number of anilines is 3. The van der Waals surface area contributed by atoms with Gasteiger partial charge in [0.1, 0.15) is 0 Å². The van der Waals surface area contributed by atoms with E-state index in [9.17, 15) is 0 Å². The summed E-state index contributed by atoms with van der Waals surface area (Å²) < 4.78 is 0. The van der Waals surface area contributed by atoms with E-state index in [1.54, 1.807) is 0 Å². The molecule has 0 atom stereocenters. The summed E-state index contributed by atoms with van der Waals surface area (Å²) in [5, 5.41) is 4.98. The predicted molar refractivity (Wildman–Crippen MR) is 256 cm³/mol. The maximum atomic E-state index is 2.47. The molecule has 0 radical (unpaired) electrons. The summed E-state index contributed by atoms with van der Waals surface area (Å²) in [6, 6.07) is 83.6. The molecule has 0 amide bonds. The van der Waals surface area contributed by atoms with Crippen LogP contribution in [0.15, 0.2) is 224 Å². The first-order valence-corrected chi connectivity index (χ1v) is 21.4. The Balaban J connectivity index is 1.08. The van der Waals surface area contributed by atoms with Crippen LogP contribution in [-0.4, -0.2) is 0 Å². The number of rotatable bonds is 6. The average Bonchev–Trinajstić information content (AvgIpc) is 3.75. The van der Waals surface area contributed by atoms with Gasteiger partial charge in [-0.3, -0.25) is 0 Å². The van der Waals surface area contributed by atoms with Gasteiger partial charge in [0.15, 0.2) is 0 Å². The Morgan fingerprint density at radius 3 is 1.61 bits per heavy atom. The predicted octanol–water partition coefficient (Wildman–Crippen LogP) is 15.8. The summed E-state index contributed by atoms with van der Waals surface area (Å²) >= 11 is 0. The van der Waals surface area contributed by atoms with Gasteiger partial charge < -0.3 is 4.90 Å². The highest BCUT2D eigenvalue weighted by atomic mass is 15.1. The monoisotopic (exact) mass is 777 g/mol. The van der Waals surface area contributed by atoms with Crippen molar-refractivity contribution in [2.45, 2.75) is 24.7 Å². The van der Waals surface area contributed by atoms with Crippen molar-refractivity contribution in [1.82, 2.24) is 0 Å². The second-order valence-corrected chi connectivity index (χ2v) is 17.2. The van der Waals surface area contributed by atoms with E-state index in [0.29, 0.717) is 0 Å².